The zero-order valence-corrected chi connectivity index (χ0v) is 11.7. The van der Waals surface area contributed by atoms with E-state index in [2.05, 4.69) is 0 Å². The minimum Gasteiger partial charge on any atom is -0.508 e. The minimum atomic E-state index is -0.0708. The van der Waals surface area contributed by atoms with Gasteiger partial charge in [-0.3, -0.25) is 4.79 Å². The summed E-state index contributed by atoms with van der Waals surface area (Å²) in [7, 11) is 0. The average molecular weight is 292 g/mol. The number of ketones is 1. The van der Waals surface area contributed by atoms with Crippen LogP contribution >= 0.6 is 11.8 Å². The number of carbonyl (C=O) groups is 1. The van der Waals surface area contributed by atoms with Crippen LogP contribution in [-0.2, 0) is 0 Å². The molecule has 0 bridgehead atoms. The van der Waals surface area contributed by atoms with Crippen molar-refractivity contribution in [2.45, 2.75) is 11.7 Å². The molecule has 0 saturated heterocycles. The van der Waals surface area contributed by atoms with Crippen LogP contribution in [0.25, 0.3) is 0 Å². The predicted octanol–water partition coefficient (Wildman–Crippen LogP) is 3.02. The van der Waals surface area contributed by atoms with Gasteiger partial charge in [-0.1, -0.05) is 12.1 Å². The third-order valence-corrected chi connectivity index (χ3v) is 4.10. The number of Topliss-reactive ketones (excluding diaryl/α,β-unsaturated/α-hetero) is 1. The lowest BCUT2D eigenvalue weighted by Crippen LogP contribution is -2.06. The lowest BCUT2D eigenvalue weighted by Gasteiger charge is -2.15. The largest absolute Gasteiger partial charge is 0.508 e. The van der Waals surface area contributed by atoms with Crippen molar-refractivity contribution in [3.8, 4) is 5.75 Å². The van der Waals surface area contributed by atoms with Gasteiger partial charge in [0.2, 0.25) is 0 Å². The summed E-state index contributed by atoms with van der Waals surface area (Å²) < 4.78 is 5.11. The Labute approximate surface area is 121 Å². The molecular weight excluding hydrogens is 276 g/mol. The first-order chi connectivity index (χ1) is 9.70. The van der Waals surface area contributed by atoms with Crippen LogP contribution in [0.4, 0.5) is 0 Å². The number of phenols is 1. The standard InChI is InChI=1S/C15H16O4S/c16-7-9-20-15(11-3-5-12(17)6-4-11)10-13(18)14-2-1-8-19-14/h1-6,8,15-17H,7,9-10H2. The predicted molar refractivity (Wildman–Crippen MR) is 78.0 cm³/mol. The van der Waals surface area contributed by atoms with Gasteiger partial charge in [-0.15, -0.1) is 0 Å². The Kier molecular flexibility index (Phi) is 5.26. The van der Waals surface area contributed by atoms with Gasteiger partial charge in [0.25, 0.3) is 0 Å². The highest BCUT2D eigenvalue weighted by Crippen LogP contribution is 2.33. The van der Waals surface area contributed by atoms with Gasteiger partial charge in [-0.25, -0.2) is 0 Å². The number of carbonyl (C=O) groups excluding carboxylic acids is 1. The van der Waals surface area contributed by atoms with Crippen LogP contribution in [-0.4, -0.2) is 28.4 Å². The van der Waals surface area contributed by atoms with E-state index in [-0.39, 0.29) is 23.4 Å². The highest BCUT2D eigenvalue weighted by Gasteiger charge is 2.19. The second-order valence-electron chi connectivity index (χ2n) is 4.28. The molecule has 0 radical (unpaired) electrons. The van der Waals surface area contributed by atoms with Crippen LogP contribution in [0.2, 0.25) is 0 Å². The Morgan fingerprint density at radius 3 is 2.60 bits per heavy atom. The number of hydrogen-bond donors (Lipinski definition) is 2. The number of aliphatic hydroxyl groups excluding tert-OH is 1. The second kappa shape index (κ2) is 7.17. The van der Waals surface area contributed by atoms with E-state index in [1.54, 1.807) is 36.4 Å². The van der Waals surface area contributed by atoms with E-state index in [4.69, 9.17) is 9.52 Å². The van der Waals surface area contributed by atoms with Crippen molar-refractivity contribution in [3.05, 3.63) is 54.0 Å². The van der Waals surface area contributed by atoms with Crippen molar-refractivity contribution in [1.29, 1.82) is 0 Å². The number of hydrogen-bond acceptors (Lipinski definition) is 5. The van der Waals surface area contributed by atoms with E-state index in [9.17, 15) is 9.90 Å². The van der Waals surface area contributed by atoms with Crippen LogP contribution in [0.5, 0.6) is 5.75 Å². The summed E-state index contributed by atoms with van der Waals surface area (Å²) >= 11 is 1.51. The maximum Gasteiger partial charge on any atom is 0.199 e. The van der Waals surface area contributed by atoms with E-state index in [0.717, 1.165) is 5.56 Å². The molecule has 2 N–H and O–H groups in total. The van der Waals surface area contributed by atoms with Gasteiger partial charge in [-0.2, -0.15) is 11.8 Å². The van der Waals surface area contributed by atoms with E-state index in [1.165, 1.54) is 18.0 Å². The number of thioether (sulfide) groups is 1. The molecule has 4 nitrogen and oxygen atoms in total. The Morgan fingerprint density at radius 1 is 1.25 bits per heavy atom. The maximum absolute atomic E-state index is 12.1. The minimum absolute atomic E-state index is 0.0637. The summed E-state index contributed by atoms with van der Waals surface area (Å²) in [6, 6.07) is 10.1. The van der Waals surface area contributed by atoms with Gasteiger partial charge in [-0.05, 0) is 29.8 Å². The zero-order valence-electron chi connectivity index (χ0n) is 10.9. The van der Waals surface area contributed by atoms with Gasteiger partial charge >= 0.3 is 0 Å². The van der Waals surface area contributed by atoms with E-state index in [0.29, 0.717) is 17.9 Å². The zero-order chi connectivity index (χ0) is 14.4. The van der Waals surface area contributed by atoms with Crippen LogP contribution in [0.3, 0.4) is 0 Å². The molecule has 1 unspecified atom stereocenters. The van der Waals surface area contributed by atoms with Gasteiger partial charge in [0.1, 0.15) is 5.75 Å². The van der Waals surface area contributed by atoms with E-state index >= 15 is 0 Å². The quantitative estimate of drug-likeness (QED) is 0.768. The first-order valence-corrected chi connectivity index (χ1v) is 7.33. The first-order valence-electron chi connectivity index (χ1n) is 6.29. The molecule has 106 valence electrons. The third-order valence-electron chi connectivity index (χ3n) is 2.84. The molecule has 20 heavy (non-hydrogen) atoms. The molecular formula is C15H16O4S. The van der Waals surface area contributed by atoms with Crippen molar-refractivity contribution in [2.75, 3.05) is 12.4 Å². The second-order valence-corrected chi connectivity index (χ2v) is 5.59. The molecule has 1 heterocycles. The Balaban J connectivity index is 2.11. The molecule has 0 amide bonds. The third kappa shape index (κ3) is 3.88. The molecule has 0 saturated carbocycles. The SMILES string of the molecule is O=C(CC(SCCO)c1ccc(O)cc1)c1ccco1. The summed E-state index contributed by atoms with van der Waals surface area (Å²) in [6.45, 7) is 0.0637. The Hall–Kier alpha value is -1.72. The van der Waals surface area contributed by atoms with Gasteiger partial charge in [0, 0.05) is 17.4 Å². The highest BCUT2D eigenvalue weighted by molar-refractivity contribution is 7.99. The van der Waals surface area contributed by atoms with Crippen LogP contribution < -0.4 is 0 Å². The van der Waals surface area contributed by atoms with Crippen LogP contribution in [0.1, 0.15) is 27.8 Å². The average Bonchev–Trinajstić information content (AvgIpc) is 2.98. The van der Waals surface area contributed by atoms with Gasteiger partial charge in [0.05, 0.1) is 12.9 Å². The Bertz CT molecular complexity index is 534. The number of phenolic OH excluding ortho intramolecular Hbond substituents is 1. The molecule has 1 atom stereocenters. The molecule has 2 aromatic rings. The number of aromatic hydroxyl groups is 1. The molecule has 5 heteroatoms. The number of rotatable bonds is 7. The lowest BCUT2D eigenvalue weighted by atomic mass is 10.1. The Morgan fingerprint density at radius 2 is 2.00 bits per heavy atom. The number of benzene rings is 1. The monoisotopic (exact) mass is 292 g/mol. The van der Waals surface area contributed by atoms with E-state index in [1.807, 2.05) is 0 Å². The van der Waals surface area contributed by atoms with Crippen LogP contribution in [0.15, 0.2) is 47.1 Å². The van der Waals surface area contributed by atoms with Crippen molar-refractivity contribution < 1.29 is 19.4 Å². The topological polar surface area (TPSA) is 70.7 Å². The number of furan rings is 1. The molecule has 0 aliphatic heterocycles. The fourth-order valence-corrected chi connectivity index (χ4v) is 2.87. The summed E-state index contributed by atoms with van der Waals surface area (Å²) in [6.07, 6.45) is 1.77. The normalized spacial score (nSPS) is 12.2. The summed E-state index contributed by atoms with van der Waals surface area (Å²) in [5, 5.41) is 18.2. The summed E-state index contributed by atoms with van der Waals surface area (Å²) in [4.78, 5) is 12.1. The molecule has 0 aliphatic rings. The van der Waals surface area contributed by atoms with Crippen molar-refractivity contribution in [3.63, 3.8) is 0 Å². The molecule has 2 rings (SSSR count). The number of aliphatic hydroxyl groups is 1. The van der Waals surface area contributed by atoms with Crippen molar-refractivity contribution in [1.82, 2.24) is 0 Å². The fraction of sp³-hybridized carbons (Fsp3) is 0.267. The molecule has 1 aromatic carbocycles. The summed E-state index contributed by atoms with van der Waals surface area (Å²) in [5.41, 5.74) is 0.946. The first kappa shape index (κ1) is 14.7. The lowest BCUT2D eigenvalue weighted by molar-refractivity contribution is 0.0955. The molecule has 0 aliphatic carbocycles. The van der Waals surface area contributed by atoms with Crippen molar-refractivity contribution in [2.24, 2.45) is 0 Å². The maximum atomic E-state index is 12.1. The molecule has 0 spiro atoms. The highest BCUT2D eigenvalue weighted by atomic mass is 32.2. The van der Waals surface area contributed by atoms with Gasteiger partial charge < -0.3 is 14.6 Å². The van der Waals surface area contributed by atoms with Crippen molar-refractivity contribution >= 4 is 17.5 Å². The smallest absolute Gasteiger partial charge is 0.199 e. The van der Waals surface area contributed by atoms with E-state index < -0.39 is 0 Å². The van der Waals surface area contributed by atoms with Crippen LogP contribution in [0, 0.1) is 0 Å². The van der Waals surface area contributed by atoms with Gasteiger partial charge in [0.15, 0.2) is 11.5 Å². The fourth-order valence-electron chi connectivity index (χ4n) is 1.86. The molecule has 0 fully saturated rings. The molecule has 1 aromatic heterocycles. The summed E-state index contributed by atoms with van der Waals surface area (Å²) in [5.74, 6) is 1.02.